The molecule has 1 aromatic carbocycles. The van der Waals surface area contributed by atoms with Crippen molar-refractivity contribution in [2.45, 2.75) is 38.1 Å². The van der Waals surface area contributed by atoms with Crippen molar-refractivity contribution in [1.29, 1.82) is 0 Å². The van der Waals surface area contributed by atoms with Gasteiger partial charge in [-0.15, -0.1) is 0 Å². The van der Waals surface area contributed by atoms with Crippen LogP contribution in [0.5, 0.6) is 11.5 Å². The number of fused-ring (bicyclic) bond motifs is 1. The molecule has 2 unspecified atom stereocenters. The Kier molecular flexibility index (Phi) is 2.94. The molecule has 3 heteroatoms. The fourth-order valence-corrected chi connectivity index (χ4v) is 3.07. The van der Waals surface area contributed by atoms with Gasteiger partial charge in [-0.1, -0.05) is 13.0 Å². The SMILES string of the molecule is CC1CCC(N)(c2ccc3c(c2)OCCCO3)C1. The van der Waals surface area contributed by atoms with Crippen molar-refractivity contribution in [2.75, 3.05) is 13.2 Å². The maximum atomic E-state index is 6.55. The van der Waals surface area contributed by atoms with E-state index in [1.807, 2.05) is 6.07 Å². The molecule has 0 aromatic heterocycles. The molecule has 2 atom stereocenters. The van der Waals surface area contributed by atoms with Gasteiger partial charge < -0.3 is 15.2 Å². The second-order valence-corrected chi connectivity index (χ2v) is 5.72. The van der Waals surface area contributed by atoms with E-state index in [9.17, 15) is 0 Å². The molecule has 98 valence electrons. The Morgan fingerprint density at radius 3 is 2.72 bits per heavy atom. The molecule has 3 nitrogen and oxygen atoms in total. The molecule has 1 aliphatic heterocycles. The number of rotatable bonds is 1. The summed E-state index contributed by atoms with van der Waals surface area (Å²) in [6.45, 7) is 3.74. The molecule has 0 radical (unpaired) electrons. The lowest BCUT2D eigenvalue weighted by Crippen LogP contribution is -2.33. The Morgan fingerprint density at radius 2 is 2.00 bits per heavy atom. The van der Waals surface area contributed by atoms with Crippen LogP contribution >= 0.6 is 0 Å². The fraction of sp³-hybridized carbons (Fsp3) is 0.600. The summed E-state index contributed by atoms with van der Waals surface area (Å²) in [7, 11) is 0. The lowest BCUT2D eigenvalue weighted by Gasteiger charge is -2.25. The zero-order valence-electron chi connectivity index (χ0n) is 10.9. The molecule has 1 aromatic rings. The first-order valence-electron chi connectivity index (χ1n) is 6.86. The van der Waals surface area contributed by atoms with E-state index in [2.05, 4.69) is 19.1 Å². The zero-order chi connectivity index (χ0) is 12.6. The lowest BCUT2D eigenvalue weighted by atomic mass is 9.88. The molecule has 2 aliphatic rings. The number of ether oxygens (including phenoxy) is 2. The van der Waals surface area contributed by atoms with Crippen molar-refractivity contribution >= 4 is 0 Å². The zero-order valence-corrected chi connectivity index (χ0v) is 10.9. The highest BCUT2D eigenvalue weighted by Crippen LogP contribution is 2.42. The van der Waals surface area contributed by atoms with Gasteiger partial charge in [0, 0.05) is 12.0 Å². The Labute approximate surface area is 108 Å². The molecular weight excluding hydrogens is 226 g/mol. The molecule has 1 fully saturated rings. The monoisotopic (exact) mass is 247 g/mol. The lowest BCUT2D eigenvalue weighted by molar-refractivity contribution is 0.296. The molecule has 2 N–H and O–H groups in total. The van der Waals surface area contributed by atoms with Crippen molar-refractivity contribution in [3.05, 3.63) is 23.8 Å². The predicted octanol–water partition coefficient (Wildman–Crippen LogP) is 2.82. The Bertz CT molecular complexity index is 446. The van der Waals surface area contributed by atoms with Gasteiger partial charge in [-0.25, -0.2) is 0 Å². The van der Waals surface area contributed by atoms with Crippen LogP contribution in [0.3, 0.4) is 0 Å². The maximum absolute atomic E-state index is 6.55. The van der Waals surface area contributed by atoms with Crippen LogP contribution in [0.2, 0.25) is 0 Å². The number of hydrogen-bond acceptors (Lipinski definition) is 3. The normalized spacial score (nSPS) is 31.1. The fourth-order valence-electron chi connectivity index (χ4n) is 3.07. The van der Waals surface area contributed by atoms with Gasteiger partial charge in [0.25, 0.3) is 0 Å². The van der Waals surface area contributed by atoms with Gasteiger partial charge in [-0.3, -0.25) is 0 Å². The Balaban J connectivity index is 1.92. The summed E-state index contributed by atoms with van der Waals surface area (Å²) >= 11 is 0. The highest BCUT2D eigenvalue weighted by atomic mass is 16.5. The topological polar surface area (TPSA) is 44.5 Å². The third-order valence-electron chi connectivity index (χ3n) is 4.12. The largest absolute Gasteiger partial charge is 0.490 e. The summed E-state index contributed by atoms with van der Waals surface area (Å²) in [5, 5.41) is 0. The van der Waals surface area contributed by atoms with E-state index in [-0.39, 0.29) is 5.54 Å². The van der Waals surface area contributed by atoms with Crippen LogP contribution in [-0.4, -0.2) is 13.2 Å². The number of benzene rings is 1. The average Bonchev–Trinajstić information content (AvgIpc) is 2.60. The third-order valence-corrected chi connectivity index (χ3v) is 4.12. The van der Waals surface area contributed by atoms with Crippen molar-refractivity contribution in [1.82, 2.24) is 0 Å². The minimum Gasteiger partial charge on any atom is -0.490 e. The highest BCUT2D eigenvalue weighted by molar-refractivity contribution is 5.45. The molecule has 1 heterocycles. The minimum absolute atomic E-state index is 0.176. The first-order chi connectivity index (χ1) is 8.67. The van der Waals surface area contributed by atoms with E-state index in [0.717, 1.165) is 44.0 Å². The van der Waals surface area contributed by atoms with Crippen LogP contribution in [0.1, 0.15) is 38.2 Å². The van der Waals surface area contributed by atoms with E-state index < -0.39 is 0 Å². The molecule has 3 rings (SSSR count). The van der Waals surface area contributed by atoms with Crippen LogP contribution in [0.4, 0.5) is 0 Å². The molecule has 1 saturated carbocycles. The summed E-state index contributed by atoms with van der Waals surface area (Å²) < 4.78 is 11.4. The van der Waals surface area contributed by atoms with Crippen molar-refractivity contribution in [3.8, 4) is 11.5 Å². The van der Waals surface area contributed by atoms with Crippen LogP contribution in [-0.2, 0) is 5.54 Å². The van der Waals surface area contributed by atoms with Gasteiger partial charge in [0.15, 0.2) is 11.5 Å². The van der Waals surface area contributed by atoms with Gasteiger partial charge >= 0.3 is 0 Å². The molecule has 18 heavy (non-hydrogen) atoms. The molecule has 1 aliphatic carbocycles. The second kappa shape index (κ2) is 4.47. The molecular formula is C15H21NO2. The van der Waals surface area contributed by atoms with Crippen molar-refractivity contribution in [3.63, 3.8) is 0 Å². The maximum Gasteiger partial charge on any atom is 0.161 e. The van der Waals surface area contributed by atoms with E-state index in [1.54, 1.807) is 0 Å². The summed E-state index contributed by atoms with van der Waals surface area (Å²) in [4.78, 5) is 0. The summed E-state index contributed by atoms with van der Waals surface area (Å²) in [6, 6.07) is 6.19. The van der Waals surface area contributed by atoms with E-state index in [4.69, 9.17) is 15.2 Å². The number of nitrogens with two attached hydrogens (primary N) is 1. The smallest absolute Gasteiger partial charge is 0.161 e. The number of hydrogen-bond donors (Lipinski definition) is 1. The van der Waals surface area contributed by atoms with Crippen LogP contribution in [0, 0.1) is 5.92 Å². The van der Waals surface area contributed by atoms with Crippen LogP contribution < -0.4 is 15.2 Å². The minimum atomic E-state index is -0.176. The molecule has 0 amide bonds. The molecule has 0 bridgehead atoms. The summed E-state index contributed by atoms with van der Waals surface area (Å²) in [5.74, 6) is 2.42. The second-order valence-electron chi connectivity index (χ2n) is 5.72. The van der Waals surface area contributed by atoms with Crippen LogP contribution in [0.25, 0.3) is 0 Å². The van der Waals surface area contributed by atoms with Crippen molar-refractivity contribution < 1.29 is 9.47 Å². The molecule has 0 spiro atoms. The quantitative estimate of drug-likeness (QED) is 0.830. The average molecular weight is 247 g/mol. The first kappa shape index (κ1) is 11.8. The van der Waals surface area contributed by atoms with E-state index in [0.29, 0.717) is 5.92 Å². The third kappa shape index (κ3) is 2.07. The van der Waals surface area contributed by atoms with Crippen molar-refractivity contribution in [2.24, 2.45) is 11.7 Å². The van der Waals surface area contributed by atoms with Gasteiger partial charge in [0.05, 0.1) is 13.2 Å². The van der Waals surface area contributed by atoms with Gasteiger partial charge in [-0.2, -0.15) is 0 Å². The van der Waals surface area contributed by atoms with Gasteiger partial charge in [0.2, 0.25) is 0 Å². The summed E-state index contributed by atoms with van der Waals surface area (Å²) in [6.07, 6.45) is 4.28. The van der Waals surface area contributed by atoms with E-state index in [1.165, 1.54) is 12.0 Å². The van der Waals surface area contributed by atoms with Crippen LogP contribution in [0.15, 0.2) is 18.2 Å². The Morgan fingerprint density at radius 1 is 1.22 bits per heavy atom. The highest BCUT2D eigenvalue weighted by Gasteiger charge is 2.35. The first-order valence-corrected chi connectivity index (χ1v) is 6.86. The predicted molar refractivity (Wildman–Crippen MR) is 70.9 cm³/mol. The van der Waals surface area contributed by atoms with Gasteiger partial charge in [0.1, 0.15) is 0 Å². The Hall–Kier alpha value is -1.22. The summed E-state index contributed by atoms with van der Waals surface area (Å²) in [5.41, 5.74) is 7.56. The standard InChI is InChI=1S/C15H21NO2/c1-11-5-6-15(16,10-11)12-3-4-13-14(9-12)18-8-2-7-17-13/h3-4,9,11H,2,5-8,10,16H2,1H3. The van der Waals surface area contributed by atoms with Gasteiger partial charge in [-0.05, 0) is 42.9 Å². The van der Waals surface area contributed by atoms with E-state index >= 15 is 0 Å². The molecule has 0 saturated heterocycles.